The Morgan fingerprint density at radius 3 is 2.43 bits per heavy atom. The maximum Gasteiger partial charge on any atom is 0.410 e. The number of amides is 1. The molecule has 0 aromatic carbocycles. The minimum atomic E-state index is -0.753. The summed E-state index contributed by atoms with van der Waals surface area (Å²) in [5.74, 6) is 0. The molecule has 1 rings (SSSR count). The molecule has 1 aliphatic rings. The molecule has 4 heteroatoms. The number of β-amino-alcohol motifs (C(OH)–C–C–N with tert-alkyl or cyclic N) is 1. The van der Waals surface area contributed by atoms with Crippen molar-refractivity contribution in [1.82, 2.24) is 4.90 Å². The smallest absolute Gasteiger partial charge is 0.410 e. The van der Waals surface area contributed by atoms with Crippen LogP contribution in [0.4, 0.5) is 4.79 Å². The van der Waals surface area contributed by atoms with E-state index in [2.05, 4.69) is 0 Å². The Kier molecular flexibility index (Phi) is 2.76. The molecule has 0 aliphatic carbocycles. The van der Waals surface area contributed by atoms with Crippen molar-refractivity contribution in [1.29, 1.82) is 0 Å². The van der Waals surface area contributed by atoms with Gasteiger partial charge in [0.25, 0.3) is 0 Å². The van der Waals surface area contributed by atoms with Crippen LogP contribution in [-0.4, -0.2) is 40.4 Å². The summed E-state index contributed by atoms with van der Waals surface area (Å²) < 4.78 is 5.19. The van der Waals surface area contributed by atoms with E-state index in [1.807, 2.05) is 20.8 Å². The van der Waals surface area contributed by atoms with Crippen LogP contribution in [0, 0.1) is 0 Å². The highest BCUT2D eigenvalue weighted by molar-refractivity contribution is 5.68. The number of hydrogen-bond acceptors (Lipinski definition) is 3. The minimum Gasteiger partial charge on any atom is -0.444 e. The van der Waals surface area contributed by atoms with Gasteiger partial charge in [0.1, 0.15) is 5.60 Å². The Labute approximate surface area is 84.8 Å². The summed E-state index contributed by atoms with van der Waals surface area (Å²) in [6.45, 7) is 8.17. The molecule has 1 saturated heterocycles. The fourth-order valence-electron chi connectivity index (χ4n) is 1.43. The molecule has 1 aliphatic heterocycles. The summed E-state index contributed by atoms with van der Waals surface area (Å²) in [6.07, 6.45) is 0.280. The lowest BCUT2D eigenvalue weighted by Crippen LogP contribution is -2.37. The highest BCUT2D eigenvalue weighted by Gasteiger charge is 2.35. The standard InChI is InChI=1S/C10H19NO3/c1-9(2,3)14-8(12)11-6-5-10(4,13)7-11/h13H,5-7H2,1-4H3/t10-/m1/s1. The normalized spacial score (nSPS) is 27.9. The quantitative estimate of drug-likeness (QED) is 0.644. The predicted octanol–water partition coefficient (Wildman–Crippen LogP) is 1.38. The van der Waals surface area contributed by atoms with Crippen LogP contribution in [0.25, 0.3) is 0 Å². The van der Waals surface area contributed by atoms with Crippen LogP contribution in [0.15, 0.2) is 0 Å². The highest BCUT2D eigenvalue weighted by atomic mass is 16.6. The van der Waals surface area contributed by atoms with Crippen LogP contribution in [0.5, 0.6) is 0 Å². The Balaban J connectivity index is 2.48. The van der Waals surface area contributed by atoms with Gasteiger partial charge < -0.3 is 14.7 Å². The second-order valence-electron chi connectivity index (χ2n) is 5.15. The number of carbonyl (C=O) groups excluding carboxylic acids is 1. The first-order chi connectivity index (χ1) is 6.20. The van der Waals surface area contributed by atoms with Crippen molar-refractivity contribution in [2.24, 2.45) is 0 Å². The van der Waals surface area contributed by atoms with E-state index in [0.717, 1.165) is 0 Å². The van der Waals surface area contributed by atoms with Crippen molar-refractivity contribution in [2.45, 2.75) is 45.3 Å². The summed E-state index contributed by atoms with van der Waals surface area (Å²) in [5.41, 5.74) is -1.22. The maximum absolute atomic E-state index is 11.5. The number of carbonyl (C=O) groups is 1. The molecule has 1 atom stereocenters. The van der Waals surface area contributed by atoms with Crippen molar-refractivity contribution >= 4 is 6.09 Å². The molecular formula is C10H19NO3. The first-order valence-corrected chi connectivity index (χ1v) is 4.90. The molecule has 0 spiro atoms. The number of hydrogen-bond donors (Lipinski definition) is 1. The molecule has 0 unspecified atom stereocenters. The zero-order valence-corrected chi connectivity index (χ0v) is 9.33. The SMILES string of the molecule is CC(C)(C)OC(=O)N1CC[C@@](C)(O)C1. The highest BCUT2D eigenvalue weighted by Crippen LogP contribution is 2.22. The molecule has 1 fully saturated rings. The van der Waals surface area contributed by atoms with Crippen LogP contribution in [0.2, 0.25) is 0 Å². The van der Waals surface area contributed by atoms with Gasteiger partial charge in [0.2, 0.25) is 0 Å². The average Bonchev–Trinajstić information content (AvgIpc) is 2.26. The Morgan fingerprint density at radius 2 is 2.07 bits per heavy atom. The topological polar surface area (TPSA) is 49.8 Å². The van der Waals surface area contributed by atoms with Crippen LogP contribution < -0.4 is 0 Å². The monoisotopic (exact) mass is 201 g/mol. The Bertz CT molecular complexity index is 230. The number of nitrogens with zero attached hydrogens (tertiary/aromatic N) is 1. The molecule has 0 radical (unpaired) electrons. The van der Waals surface area contributed by atoms with Gasteiger partial charge in [0, 0.05) is 6.54 Å². The lowest BCUT2D eigenvalue weighted by atomic mass is 10.1. The van der Waals surface area contributed by atoms with Gasteiger partial charge in [-0.15, -0.1) is 0 Å². The van der Waals surface area contributed by atoms with Gasteiger partial charge in [-0.3, -0.25) is 0 Å². The third-order valence-electron chi connectivity index (χ3n) is 2.10. The second-order valence-corrected chi connectivity index (χ2v) is 5.15. The van der Waals surface area contributed by atoms with Crippen molar-refractivity contribution < 1.29 is 14.6 Å². The average molecular weight is 201 g/mol. The molecule has 1 amide bonds. The van der Waals surface area contributed by atoms with Crippen molar-refractivity contribution in [3.8, 4) is 0 Å². The number of ether oxygens (including phenoxy) is 1. The lowest BCUT2D eigenvalue weighted by Gasteiger charge is -2.25. The minimum absolute atomic E-state index is 0.338. The van der Waals surface area contributed by atoms with E-state index in [-0.39, 0.29) is 6.09 Å². The summed E-state index contributed by atoms with van der Waals surface area (Å²) in [7, 11) is 0. The van der Waals surface area contributed by atoms with Gasteiger partial charge in [0.15, 0.2) is 0 Å². The largest absolute Gasteiger partial charge is 0.444 e. The van der Waals surface area contributed by atoms with Crippen molar-refractivity contribution in [2.75, 3.05) is 13.1 Å². The van der Waals surface area contributed by atoms with Gasteiger partial charge >= 0.3 is 6.09 Å². The van der Waals surface area contributed by atoms with E-state index in [1.165, 1.54) is 0 Å². The number of aliphatic hydroxyl groups is 1. The molecular weight excluding hydrogens is 182 g/mol. The van der Waals surface area contributed by atoms with E-state index < -0.39 is 11.2 Å². The molecule has 0 bridgehead atoms. The van der Waals surface area contributed by atoms with E-state index in [0.29, 0.717) is 19.5 Å². The zero-order chi connectivity index (χ0) is 11.0. The molecule has 0 aromatic heterocycles. The molecule has 4 nitrogen and oxygen atoms in total. The Morgan fingerprint density at radius 1 is 1.50 bits per heavy atom. The van der Waals surface area contributed by atoms with Gasteiger partial charge in [-0.1, -0.05) is 0 Å². The van der Waals surface area contributed by atoms with E-state index in [9.17, 15) is 9.90 Å². The molecule has 1 heterocycles. The summed E-state index contributed by atoms with van der Waals surface area (Å²) in [6, 6.07) is 0. The molecule has 82 valence electrons. The predicted molar refractivity (Wildman–Crippen MR) is 53.0 cm³/mol. The van der Waals surface area contributed by atoms with Crippen molar-refractivity contribution in [3.63, 3.8) is 0 Å². The van der Waals surface area contributed by atoms with Gasteiger partial charge in [-0.05, 0) is 34.1 Å². The first-order valence-electron chi connectivity index (χ1n) is 4.90. The molecule has 1 N–H and O–H groups in total. The zero-order valence-electron chi connectivity index (χ0n) is 9.33. The number of likely N-dealkylation sites (tertiary alicyclic amines) is 1. The van der Waals surface area contributed by atoms with Gasteiger partial charge in [0.05, 0.1) is 12.1 Å². The Hall–Kier alpha value is -0.770. The van der Waals surface area contributed by atoms with Crippen LogP contribution in [0.1, 0.15) is 34.1 Å². The molecule has 14 heavy (non-hydrogen) atoms. The summed E-state index contributed by atoms with van der Waals surface area (Å²) in [4.78, 5) is 13.1. The van der Waals surface area contributed by atoms with Gasteiger partial charge in [-0.25, -0.2) is 4.79 Å². The fraction of sp³-hybridized carbons (Fsp3) is 0.900. The van der Waals surface area contributed by atoms with Gasteiger partial charge in [-0.2, -0.15) is 0 Å². The molecule has 0 saturated carbocycles. The van der Waals surface area contributed by atoms with E-state index in [4.69, 9.17) is 4.74 Å². The maximum atomic E-state index is 11.5. The third-order valence-corrected chi connectivity index (χ3v) is 2.10. The fourth-order valence-corrected chi connectivity index (χ4v) is 1.43. The molecule has 0 aromatic rings. The third kappa shape index (κ3) is 3.18. The van der Waals surface area contributed by atoms with E-state index >= 15 is 0 Å². The van der Waals surface area contributed by atoms with Crippen LogP contribution in [-0.2, 0) is 4.74 Å². The summed E-state index contributed by atoms with van der Waals surface area (Å²) in [5, 5.41) is 9.66. The van der Waals surface area contributed by atoms with Crippen LogP contribution >= 0.6 is 0 Å². The number of rotatable bonds is 0. The lowest BCUT2D eigenvalue weighted by molar-refractivity contribution is 0.0194. The summed E-state index contributed by atoms with van der Waals surface area (Å²) >= 11 is 0. The first kappa shape index (κ1) is 11.3. The van der Waals surface area contributed by atoms with Crippen molar-refractivity contribution in [3.05, 3.63) is 0 Å². The van der Waals surface area contributed by atoms with E-state index in [1.54, 1.807) is 11.8 Å². The van der Waals surface area contributed by atoms with Crippen LogP contribution in [0.3, 0.4) is 0 Å². The second kappa shape index (κ2) is 3.42.